The Balaban J connectivity index is 1.81. The monoisotopic (exact) mass is 281 g/mol. The van der Waals surface area contributed by atoms with Crippen LogP contribution in [0.2, 0.25) is 0 Å². The van der Waals surface area contributed by atoms with Crippen molar-refractivity contribution in [1.29, 1.82) is 0 Å². The van der Waals surface area contributed by atoms with Crippen LogP contribution in [0.4, 0.5) is 0 Å². The SMILES string of the molecule is C/C(=N\O)c1ccccc1OCc1cn2ccccc2n1. The van der Waals surface area contributed by atoms with Crippen molar-refractivity contribution < 1.29 is 9.94 Å². The van der Waals surface area contributed by atoms with Gasteiger partial charge in [0.2, 0.25) is 0 Å². The zero-order chi connectivity index (χ0) is 14.7. The van der Waals surface area contributed by atoms with E-state index >= 15 is 0 Å². The first kappa shape index (κ1) is 13.2. The molecule has 0 saturated carbocycles. The predicted octanol–water partition coefficient (Wildman–Crippen LogP) is 3.11. The molecule has 106 valence electrons. The number of hydrogen-bond acceptors (Lipinski definition) is 4. The van der Waals surface area contributed by atoms with Crippen LogP contribution in [-0.2, 0) is 6.61 Å². The van der Waals surface area contributed by atoms with E-state index in [4.69, 9.17) is 9.94 Å². The maximum Gasteiger partial charge on any atom is 0.137 e. The van der Waals surface area contributed by atoms with Crippen LogP contribution >= 0.6 is 0 Å². The van der Waals surface area contributed by atoms with E-state index in [2.05, 4.69) is 10.1 Å². The highest BCUT2D eigenvalue weighted by atomic mass is 16.5. The van der Waals surface area contributed by atoms with E-state index in [0.717, 1.165) is 16.9 Å². The second-order valence-corrected chi connectivity index (χ2v) is 4.67. The van der Waals surface area contributed by atoms with E-state index < -0.39 is 0 Å². The third kappa shape index (κ3) is 2.72. The smallest absolute Gasteiger partial charge is 0.137 e. The fourth-order valence-corrected chi connectivity index (χ4v) is 2.15. The first-order valence-electron chi connectivity index (χ1n) is 6.61. The van der Waals surface area contributed by atoms with E-state index in [1.807, 2.05) is 59.3 Å². The average Bonchev–Trinajstić information content (AvgIpc) is 2.95. The molecule has 2 aromatic heterocycles. The molecule has 0 bridgehead atoms. The molecule has 0 saturated heterocycles. The van der Waals surface area contributed by atoms with Gasteiger partial charge in [-0.15, -0.1) is 0 Å². The summed E-state index contributed by atoms with van der Waals surface area (Å²) in [4.78, 5) is 4.48. The van der Waals surface area contributed by atoms with E-state index in [1.165, 1.54) is 0 Å². The van der Waals surface area contributed by atoms with Gasteiger partial charge >= 0.3 is 0 Å². The first-order valence-corrected chi connectivity index (χ1v) is 6.61. The second-order valence-electron chi connectivity index (χ2n) is 4.67. The Labute approximate surface area is 122 Å². The molecule has 21 heavy (non-hydrogen) atoms. The molecule has 0 atom stereocenters. The number of benzene rings is 1. The minimum Gasteiger partial charge on any atom is -0.487 e. The topological polar surface area (TPSA) is 59.1 Å². The Morgan fingerprint density at radius 2 is 2.05 bits per heavy atom. The number of ether oxygens (including phenoxy) is 1. The summed E-state index contributed by atoms with van der Waals surface area (Å²) in [5.74, 6) is 0.671. The van der Waals surface area contributed by atoms with Gasteiger partial charge in [0.25, 0.3) is 0 Å². The predicted molar refractivity (Wildman–Crippen MR) is 80.0 cm³/mol. The summed E-state index contributed by atoms with van der Waals surface area (Å²) in [7, 11) is 0. The van der Waals surface area contributed by atoms with E-state index in [0.29, 0.717) is 18.1 Å². The molecule has 5 heteroatoms. The summed E-state index contributed by atoms with van der Waals surface area (Å²) in [5.41, 5.74) is 3.01. The highest BCUT2D eigenvalue weighted by Gasteiger charge is 2.08. The van der Waals surface area contributed by atoms with Crippen molar-refractivity contribution >= 4 is 11.4 Å². The average molecular weight is 281 g/mol. The van der Waals surface area contributed by atoms with Crippen LogP contribution in [0.1, 0.15) is 18.2 Å². The van der Waals surface area contributed by atoms with E-state index in [-0.39, 0.29) is 0 Å². The molecule has 0 aliphatic carbocycles. The first-order chi connectivity index (χ1) is 10.3. The van der Waals surface area contributed by atoms with Gasteiger partial charge in [-0.05, 0) is 31.2 Å². The van der Waals surface area contributed by atoms with Crippen LogP contribution in [0.15, 0.2) is 60.0 Å². The van der Waals surface area contributed by atoms with E-state index in [1.54, 1.807) is 6.92 Å². The third-order valence-corrected chi connectivity index (χ3v) is 3.22. The van der Waals surface area contributed by atoms with Gasteiger partial charge < -0.3 is 14.3 Å². The Morgan fingerprint density at radius 3 is 2.86 bits per heavy atom. The lowest BCUT2D eigenvalue weighted by molar-refractivity contribution is 0.299. The molecule has 1 aromatic carbocycles. The number of oxime groups is 1. The van der Waals surface area contributed by atoms with Gasteiger partial charge in [0.15, 0.2) is 0 Å². The molecule has 5 nitrogen and oxygen atoms in total. The zero-order valence-corrected chi connectivity index (χ0v) is 11.6. The number of para-hydroxylation sites is 1. The van der Waals surface area contributed by atoms with Crippen LogP contribution < -0.4 is 4.74 Å². The standard InChI is InChI=1S/C16H15N3O2/c1-12(18-20)14-6-2-3-7-15(14)21-11-13-10-19-9-5-4-8-16(19)17-13/h2-10,20H,11H2,1H3/b18-12+. The lowest BCUT2D eigenvalue weighted by Crippen LogP contribution is -2.02. The third-order valence-electron chi connectivity index (χ3n) is 3.22. The van der Waals surface area contributed by atoms with Crippen LogP contribution in [-0.4, -0.2) is 20.3 Å². The highest BCUT2D eigenvalue weighted by Crippen LogP contribution is 2.20. The van der Waals surface area contributed by atoms with Gasteiger partial charge in [-0.1, -0.05) is 23.4 Å². The highest BCUT2D eigenvalue weighted by molar-refractivity contribution is 6.00. The zero-order valence-electron chi connectivity index (χ0n) is 11.6. The van der Waals surface area contributed by atoms with Gasteiger partial charge in [0.1, 0.15) is 18.0 Å². The summed E-state index contributed by atoms with van der Waals surface area (Å²) in [5, 5.41) is 12.1. The summed E-state index contributed by atoms with van der Waals surface area (Å²) >= 11 is 0. The molecule has 2 heterocycles. The van der Waals surface area contributed by atoms with Crippen LogP contribution in [0.3, 0.4) is 0 Å². The Hall–Kier alpha value is -2.82. The maximum atomic E-state index is 8.91. The molecule has 3 rings (SSSR count). The van der Waals surface area contributed by atoms with Gasteiger partial charge in [0, 0.05) is 18.0 Å². The lowest BCUT2D eigenvalue weighted by Gasteiger charge is -2.09. The van der Waals surface area contributed by atoms with Crippen molar-refractivity contribution in [3.05, 3.63) is 66.1 Å². The van der Waals surface area contributed by atoms with Crippen molar-refractivity contribution in [2.45, 2.75) is 13.5 Å². The largest absolute Gasteiger partial charge is 0.487 e. The van der Waals surface area contributed by atoms with Crippen molar-refractivity contribution in [2.75, 3.05) is 0 Å². The van der Waals surface area contributed by atoms with Crippen molar-refractivity contribution in [2.24, 2.45) is 5.16 Å². The Bertz CT molecular complexity index is 760. The number of fused-ring (bicyclic) bond motifs is 1. The van der Waals surface area contributed by atoms with Crippen LogP contribution in [0.5, 0.6) is 5.75 Å². The molecule has 0 aliphatic rings. The molecule has 0 spiro atoms. The van der Waals surface area contributed by atoms with Gasteiger partial charge in [-0.25, -0.2) is 4.98 Å². The second kappa shape index (κ2) is 5.66. The maximum absolute atomic E-state index is 8.91. The Kier molecular flexibility index (Phi) is 3.55. The summed E-state index contributed by atoms with van der Waals surface area (Å²) < 4.78 is 7.76. The van der Waals surface area contributed by atoms with Gasteiger partial charge in [-0.2, -0.15) is 0 Å². The van der Waals surface area contributed by atoms with Crippen molar-refractivity contribution in [3.63, 3.8) is 0 Å². The molecule has 0 unspecified atom stereocenters. The molecular weight excluding hydrogens is 266 g/mol. The van der Waals surface area contributed by atoms with Gasteiger partial charge in [-0.3, -0.25) is 0 Å². The molecule has 0 fully saturated rings. The fraction of sp³-hybridized carbons (Fsp3) is 0.125. The minimum absolute atomic E-state index is 0.359. The summed E-state index contributed by atoms with van der Waals surface area (Å²) in [6.07, 6.45) is 3.88. The number of aromatic nitrogens is 2. The number of imidazole rings is 1. The van der Waals surface area contributed by atoms with E-state index in [9.17, 15) is 0 Å². The number of pyridine rings is 1. The van der Waals surface area contributed by atoms with Gasteiger partial charge in [0.05, 0.1) is 11.4 Å². The number of rotatable bonds is 4. The molecule has 0 radical (unpaired) electrons. The minimum atomic E-state index is 0.359. The lowest BCUT2D eigenvalue weighted by atomic mass is 10.1. The molecular formula is C16H15N3O2. The Morgan fingerprint density at radius 1 is 1.24 bits per heavy atom. The fourth-order valence-electron chi connectivity index (χ4n) is 2.15. The molecule has 1 N–H and O–H groups in total. The molecule has 3 aromatic rings. The molecule has 0 aliphatic heterocycles. The number of nitrogens with zero attached hydrogens (tertiary/aromatic N) is 3. The quantitative estimate of drug-likeness (QED) is 0.454. The summed E-state index contributed by atoms with van der Waals surface area (Å²) in [6, 6.07) is 13.3. The van der Waals surface area contributed by atoms with Crippen molar-refractivity contribution in [3.8, 4) is 5.75 Å². The molecule has 0 amide bonds. The normalized spacial score (nSPS) is 11.8. The van der Waals surface area contributed by atoms with Crippen LogP contribution in [0, 0.1) is 0 Å². The summed E-state index contributed by atoms with van der Waals surface area (Å²) in [6.45, 7) is 2.09. The number of hydrogen-bond donors (Lipinski definition) is 1. The van der Waals surface area contributed by atoms with Crippen molar-refractivity contribution in [1.82, 2.24) is 9.38 Å². The van der Waals surface area contributed by atoms with Crippen LogP contribution in [0.25, 0.3) is 5.65 Å².